The Kier molecular flexibility index (Phi) is 12.0. The van der Waals surface area contributed by atoms with Gasteiger partial charge >= 0.3 is 0 Å². The first-order chi connectivity index (χ1) is 15.1. The van der Waals surface area contributed by atoms with E-state index >= 15 is 0 Å². The van der Waals surface area contributed by atoms with Crippen molar-refractivity contribution in [1.82, 2.24) is 15.5 Å². The molecule has 1 saturated heterocycles. The molecule has 1 unspecified atom stereocenters. The van der Waals surface area contributed by atoms with Crippen LogP contribution in [0.15, 0.2) is 46.8 Å². The van der Waals surface area contributed by atoms with E-state index in [1.54, 1.807) is 18.4 Å². The highest BCUT2D eigenvalue weighted by Gasteiger charge is 2.12. The van der Waals surface area contributed by atoms with Crippen molar-refractivity contribution in [1.29, 1.82) is 0 Å². The molecule has 1 aromatic carbocycles. The van der Waals surface area contributed by atoms with Gasteiger partial charge in [-0.25, -0.2) is 0 Å². The summed E-state index contributed by atoms with van der Waals surface area (Å²) in [5.41, 5.74) is 1.90. The third-order valence-corrected chi connectivity index (χ3v) is 6.36. The van der Waals surface area contributed by atoms with Crippen molar-refractivity contribution in [3.8, 4) is 0 Å². The second kappa shape index (κ2) is 14.5. The SMILES string of the molecule is CN=C(NCc1cccc(NC(=O)CCN2CCOCC2)c1)NCC(C)c1cccs1.I. The Bertz CT molecular complexity index is 841. The normalized spacial score (nSPS) is 15.5. The minimum Gasteiger partial charge on any atom is -0.379 e. The lowest BCUT2D eigenvalue weighted by atomic mass is 10.1. The van der Waals surface area contributed by atoms with Gasteiger partial charge in [-0.05, 0) is 29.1 Å². The monoisotopic (exact) mass is 571 g/mol. The summed E-state index contributed by atoms with van der Waals surface area (Å²) in [6.07, 6.45) is 0.488. The molecule has 3 rings (SSSR count). The van der Waals surface area contributed by atoms with Crippen LogP contribution in [0.3, 0.4) is 0 Å². The molecule has 2 heterocycles. The van der Waals surface area contributed by atoms with E-state index in [-0.39, 0.29) is 29.9 Å². The van der Waals surface area contributed by atoms with Crippen LogP contribution in [0.2, 0.25) is 0 Å². The van der Waals surface area contributed by atoms with Crippen LogP contribution in [-0.2, 0) is 16.1 Å². The van der Waals surface area contributed by atoms with Gasteiger partial charge in [-0.3, -0.25) is 14.7 Å². The van der Waals surface area contributed by atoms with Crippen LogP contribution in [0.4, 0.5) is 5.69 Å². The van der Waals surface area contributed by atoms with Crippen molar-refractivity contribution in [2.45, 2.75) is 25.8 Å². The second-order valence-electron chi connectivity index (χ2n) is 7.68. The second-order valence-corrected chi connectivity index (χ2v) is 8.65. The average Bonchev–Trinajstić information content (AvgIpc) is 3.34. The lowest BCUT2D eigenvalue weighted by molar-refractivity contribution is -0.116. The molecule has 1 aromatic heterocycles. The molecule has 0 radical (unpaired) electrons. The number of hydrogen-bond donors (Lipinski definition) is 3. The number of hydrogen-bond acceptors (Lipinski definition) is 5. The van der Waals surface area contributed by atoms with E-state index in [1.807, 2.05) is 24.3 Å². The molecule has 0 saturated carbocycles. The summed E-state index contributed by atoms with van der Waals surface area (Å²) in [5, 5.41) is 11.8. The number of nitrogens with zero attached hydrogens (tertiary/aromatic N) is 2. The topological polar surface area (TPSA) is 78.0 Å². The van der Waals surface area contributed by atoms with E-state index in [1.165, 1.54) is 4.88 Å². The molecule has 7 nitrogen and oxygen atoms in total. The lowest BCUT2D eigenvalue weighted by Gasteiger charge is -2.26. The molecule has 32 heavy (non-hydrogen) atoms. The van der Waals surface area contributed by atoms with Crippen molar-refractivity contribution in [3.05, 3.63) is 52.2 Å². The third-order valence-electron chi connectivity index (χ3n) is 5.26. The molecule has 0 spiro atoms. The minimum atomic E-state index is 0. The highest BCUT2D eigenvalue weighted by Crippen LogP contribution is 2.19. The van der Waals surface area contributed by atoms with Gasteiger partial charge in [-0.15, -0.1) is 35.3 Å². The van der Waals surface area contributed by atoms with Crippen LogP contribution in [0.5, 0.6) is 0 Å². The smallest absolute Gasteiger partial charge is 0.225 e. The molecule has 3 N–H and O–H groups in total. The molecule has 2 aromatic rings. The third kappa shape index (κ3) is 9.05. The zero-order chi connectivity index (χ0) is 21.9. The van der Waals surface area contributed by atoms with Crippen LogP contribution in [0.25, 0.3) is 0 Å². The van der Waals surface area contributed by atoms with Crippen molar-refractivity contribution in [2.24, 2.45) is 4.99 Å². The number of nitrogens with one attached hydrogen (secondary N) is 3. The molecule has 0 bridgehead atoms. The first-order valence-electron chi connectivity index (χ1n) is 10.8. The number of carbonyl (C=O) groups is 1. The number of benzene rings is 1. The number of rotatable bonds is 9. The van der Waals surface area contributed by atoms with Crippen LogP contribution in [0.1, 0.15) is 29.7 Å². The van der Waals surface area contributed by atoms with E-state index in [9.17, 15) is 4.79 Å². The quantitative estimate of drug-likeness (QED) is 0.244. The van der Waals surface area contributed by atoms with E-state index in [4.69, 9.17) is 4.74 Å². The fourth-order valence-corrected chi connectivity index (χ4v) is 4.18. The Hall–Kier alpha value is -1.69. The van der Waals surface area contributed by atoms with E-state index in [2.05, 4.69) is 50.3 Å². The van der Waals surface area contributed by atoms with Crippen molar-refractivity contribution in [2.75, 3.05) is 51.8 Å². The van der Waals surface area contributed by atoms with Gasteiger partial charge in [0, 0.05) is 62.7 Å². The number of carbonyl (C=O) groups excluding carboxylic acids is 1. The Morgan fingerprint density at radius 2 is 2.03 bits per heavy atom. The maximum absolute atomic E-state index is 12.3. The molecule has 0 aliphatic carbocycles. The fourth-order valence-electron chi connectivity index (χ4n) is 3.40. The standard InChI is InChI=1S/C23H33N5O2S.HI/c1-18(21-7-4-14-31-21)16-25-23(24-2)26-17-19-5-3-6-20(15-19)27-22(29)8-9-28-10-12-30-13-11-28;/h3-7,14-15,18H,8-13,16-17H2,1-2H3,(H,27,29)(H2,24,25,26);1H. The van der Waals surface area contributed by atoms with Gasteiger partial charge in [0.25, 0.3) is 0 Å². The molecular formula is C23H34IN5O2S. The predicted molar refractivity (Wildman–Crippen MR) is 143 cm³/mol. The summed E-state index contributed by atoms with van der Waals surface area (Å²) < 4.78 is 5.35. The van der Waals surface area contributed by atoms with E-state index in [0.717, 1.165) is 56.6 Å². The molecular weight excluding hydrogens is 537 g/mol. The molecule has 1 amide bonds. The summed E-state index contributed by atoms with van der Waals surface area (Å²) in [6.45, 7) is 7.72. The van der Waals surface area contributed by atoms with E-state index in [0.29, 0.717) is 18.9 Å². The molecule has 1 aliphatic heterocycles. The van der Waals surface area contributed by atoms with Crippen LogP contribution in [-0.4, -0.2) is 63.2 Å². The summed E-state index contributed by atoms with van der Waals surface area (Å²) in [4.78, 5) is 20.2. The Morgan fingerprint density at radius 1 is 1.22 bits per heavy atom. The van der Waals surface area contributed by atoms with Gasteiger partial charge < -0.3 is 20.7 Å². The average molecular weight is 572 g/mol. The zero-order valence-electron chi connectivity index (χ0n) is 18.8. The number of amides is 1. The number of morpholine rings is 1. The van der Waals surface area contributed by atoms with Crippen molar-refractivity contribution >= 4 is 52.9 Å². The maximum Gasteiger partial charge on any atom is 0.225 e. The predicted octanol–water partition coefficient (Wildman–Crippen LogP) is 3.50. The molecule has 176 valence electrons. The fraction of sp³-hybridized carbons (Fsp3) is 0.478. The van der Waals surface area contributed by atoms with Crippen molar-refractivity contribution < 1.29 is 9.53 Å². The largest absolute Gasteiger partial charge is 0.379 e. The lowest BCUT2D eigenvalue weighted by Crippen LogP contribution is -2.38. The van der Waals surface area contributed by atoms with E-state index < -0.39 is 0 Å². The van der Waals surface area contributed by atoms with Gasteiger partial charge in [0.2, 0.25) is 5.91 Å². The number of anilines is 1. The number of thiophene rings is 1. The van der Waals surface area contributed by atoms with Gasteiger partial charge in [0.1, 0.15) is 0 Å². The first-order valence-corrected chi connectivity index (χ1v) is 11.7. The first kappa shape index (κ1) is 26.6. The summed E-state index contributed by atoms with van der Waals surface area (Å²) in [7, 11) is 1.77. The summed E-state index contributed by atoms with van der Waals surface area (Å²) in [6, 6.07) is 12.2. The van der Waals surface area contributed by atoms with Gasteiger partial charge in [0.05, 0.1) is 13.2 Å². The maximum atomic E-state index is 12.3. The Morgan fingerprint density at radius 3 is 2.75 bits per heavy atom. The van der Waals surface area contributed by atoms with Gasteiger partial charge in [0.15, 0.2) is 5.96 Å². The van der Waals surface area contributed by atoms with Crippen LogP contribution >= 0.6 is 35.3 Å². The molecule has 1 atom stereocenters. The number of halogens is 1. The summed E-state index contributed by atoms with van der Waals surface area (Å²) in [5.74, 6) is 1.23. The number of guanidine groups is 1. The molecule has 9 heteroatoms. The Balaban J connectivity index is 0.00000363. The molecule has 1 aliphatic rings. The van der Waals surface area contributed by atoms with Crippen LogP contribution in [0, 0.1) is 0 Å². The summed E-state index contributed by atoms with van der Waals surface area (Å²) >= 11 is 1.78. The van der Waals surface area contributed by atoms with Crippen LogP contribution < -0.4 is 16.0 Å². The number of ether oxygens (including phenoxy) is 1. The van der Waals surface area contributed by atoms with Crippen molar-refractivity contribution in [3.63, 3.8) is 0 Å². The Labute approximate surface area is 212 Å². The highest BCUT2D eigenvalue weighted by molar-refractivity contribution is 14.0. The molecule has 1 fully saturated rings. The van der Waals surface area contributed by atoms with Gasteiger partial charge in [-0.2, -0.15) is 0 Å². The highest BCUT2D eigenvalue weighted by atomic mass is 127. The number of aliphatic imine (C=N–C) groups is 1. The minimum absolute atomic E-state index is 0. The zero-order valence-corrected chi connectivity index (χ0v) is 21.9. The van der Waals surface area contributed by atoms with Gasteiger partial charge in [-0.1, -0.05) is 25.1 Å².